The van der Waals surface area contributed by atoms with Crippen LogP contribution >= 0.6 is 36.7 Å². The van der Waals surface area contributed by atoms with Gasteiger partial charge in [0.15, 0.2) is 15.3 Å². The van der Waals surface area contributed by atoms with Crippen LogP contribution in [0.1, 0.15) is 54.2 Å². The molecular weight excluding hydrogens is 1030 g/mol. The maximum absolute atomic E-state index is 5.93. The van der Waals surface area contributed by atoms with Gasteiger partial charge in [0.2, 0.25) is 0 Å². The number of rotatable bonds is 21. The summed E-state index contributed by atoms with van der Waals surface area (Å²) in [5, 5.41) is 48.8. The zero-order chi connectivity index (χ0) is 55.6. The van der Waals surface area contributed by atoms with E-state index in [0.29, 0.717) is 35.0 Å². The molecule has 0 aliphatic carbocycles. The van der Waals surface area contributed by atoms with Crippen LogP contribution in [-0.4, -0.2) is 57.6 Å². The van der Waals surface area contributed by atoms with Crippen LogP contribution < -0.4 is 46.6 Å². The van der Waals surface area contributed by atoms with Crippen molar-refractivity contribution in [1.82, 2.24) is 16.0 Å². The Hall–Kier alpha value is -8.19. The van der Waals surface area contributed by atoms with Gasteiger partial charge in [-0.1, -0.05) is 20.8 Å². The average Bonchev–Trinajstić information content (AvgIpc) is 3.49. The Morgan fingerprint density at radius 2 is 0.500 bits per heavy atom. The van der Waals surface area contributed by atoms with Crippen LogP contribution in [-0.2, 0) is 38.9 Å². The largest absolute Gasteiger partial charge is 0.378 e. The molecule has 0 fully saturated rings. The molecule has 7 aromatic rings. The number of hydrogen-bond acceptors (Lipinski definition) is 12. The van der Waals surface area contributed by atoms with Crippen LogP contribution in [0.4, 0.5) is 68.2 Å². The third kappa shape index (κ3) is 16.4. The molecule has 0 aliphatic rings. The summed E-state index contributed by atoms with van der Waals surface area (Å²) in [4.78, 5) is 6.14. The highest BCUT2D eigenvalue weighted by Crippen LogP contribution is 2.32. The highest BCUT2D eigenvalue weighted by Gasteiger charge is 2.22. The molecule has 402 valence electrons. The van der Waals surface area contributed by atoms with Crippen molar-refractivity contribution in [2.75, 3.05) is 72.9 Å². The fraction of sp³-hybridized carbons (Fsp3) is 0.250. The standard InChI is InChI=1S/C60H69N15S3/c1-10-52-55(37-61-58(76)64-40-13-19-43(20-14-40)67-70-46-25-31-49(32-26-46)73(4)5)53(11-2)57(39-63-60(78)66-42-17-23-45(24-18-42)69-72-48-29-35-51(36-30-48)75(8)9)54(12-3)56(52)38-62-59(77)65-41-15-21-44(22-16-41)68-71-47-27-33-50(34-28-47)74(6)7/h13-36H,10-12,37-39H2,1-9H3,(H2,61,64,76)(H2,62,65,77)(H2,63,66,78). The Bertz CT molecular complexity index is 2840. The normalized spacial score (nSPS) is 11.2. The van der Waals surface area contributed by atoms with E-state index in [2.05, 4.69) is 83.4 Å². The van der Waals surface area contributed by atoms with E-state index in [0.717, 1.165) is 87.5 Å². The summed E-state index contributed by atoms with van der Waals surface area (Å²) >= 11 is 17.8. The zero-order valence-corrected chi connectivity index (χ0v) is 48.3. The van der Waals surface area contributed by atoms with Gasteiger partial charge >= 0.3 is 0 Å². The van der Waals surface area contributed by atoms with Crippen LogP contribution in [0, 0.1) is 0 Å². The maximum Gasteiger partial charge on any atom is 0.171 e. The molecule has 7 rings (SSSR count). The van der Waals surface area contributed by atoms with Crippen LogP contribution in [0.15, 0.2) is 176 Å². The molecule has 18 heteroatoms. The van der Waals surface area contributed by atoms with E-state index in [9.17, 15) is 0 Å². The number of azo groups is 3. The summed E-state index contributed by atoms with van der Waals surface area (Å²) in [6.45, 7) is 8.12. The third-order valence-electron chi connectivity index (χ3n) is 12.8. The Morgan fingerprint density at radius 3 is 0.679 bits per heavy atom. The topological polar surface area (TPSA) is 156 Å². The van der Waals surface area contributed by atoms with Gasteiger partial charge in [-0.3, -0.25) is 0 Å². The van der Waals surface area contributed by atoms with E-state index in [1.165, 1.54) is 33.4 Å². The molecule has 0 aromatic heterocycles. The van der Waals surface area contributed by atoms with Crippen molar-refractivity contribution in [2.45, 2.75) is 59.7 Å². The molecule has 78 heavy (non-hydrogen) atoms. The Morgan fingerprint density at radius 1 is 0.308 bits per heavy atom. The molecule has 7 aromatic carbocycles. The molecule has 0 amide bonds. The smallest absolute Gasteiger partial charge is 0.171 e. The number of nitrogens with one attached hydrogen (secondary N) is 6. The SMILES string of the molecule is CCc1c(CNC(=S)Nc2ccc(N=Nc3ccc(N(C)C)cc3)cc2)c(CC)c(CNC(=S)Nc2ccc(N=Nc3ccc(N(C)C)cc3)cc2)c(CC)c1CNC(=S)Nc1ccc(N=Nc2ccc(N(C)C)cc2)cc1. The third-order valence-corrected chi connectivity index (χ3v) is 13.6. The molecular formula is C60H69N15S3. The van der Waals surface area contributed by atoms with Crippen LogP contribution in [0.3, 0.4) is 0 Å². The minimum Gasteiger partial charge on any atom is -0.378 e. The highest BCUT2D eigenvalue weighted by atomic mass is 32.1. The first kappa shape index (κ1) is 57.5. The summed E-state index contributed by atoms with van der Waals surface area (Å²) in [5.74, 6) is 0. The van der Waals surface area contributed by atoms with Crippen molar-refractivity contribution >= 4 is 120 Å². The van der Waals surface area contributed by atoms with Crippen molar-refractivity contribution in [3.63, 3.8) is 0 Å². The highest BCUT2D eigenvalue weighted by molar-refractivity contribution is 7.80. The number of nitrogens with zero attached hydrogens (tertiary/aromatic N) is 9. The van der Waals surface area contributed by atoms with Gasteiger partial charge in [0.05, 0.1) is 34.1 Å². The molecule has 0 bridgehead atoms. The molecule has 0 atom stereocenters. The van der Waals surface area contributed by atoms with Crippen molar-refractivity contribution in [3.05, 3.63) is 179 Å². The zero-order valence-electron chi connectivity index (χ0n) is 45.8. The number of anilines is 6. The first-order chi connectivity index (χ1) is 37.7. The Kier molecular flexibility index (Phi) is 20.8. The fourth-order valence-corrected chi connectivity index (χ4v) is 9.25. The fourth-order valence-electron chi connectivity index (χ4n) is 8.68. The summed E-state index contributed by atoms with van der Waals surface area (Å²) in [6.07, 6.45) is 2.39. The lowest BCUT2D eigenvalue weighted by Crippen LogP contribution is -2.33. The molecule has 0 heterocycles. The van der Waals surface area contributed by atoms with Gasteiger partial charge in [0.1, 0.15) is 0 Å². The van der Waals surface area contributed by atoms with Gasteiger partial charge in [0, 0.05) is 96.0 Å². The van der Waals surface area contributed by atoms with E-state index in [1.807, 2.05) is 203 Å². The lowest BCUT2D eigenvalue weighted by molar-refractivity contribution is 0.790. The molecule has 6 N–H and O–H groups in total. The van der Waals surface area contributed by atoms with Crippen molar-refractivity contribution in [3.8, 4) is 0 Å². The van der Waals surface area contributed by atoms with E-state index < -0.39 is 0 Å². The molecule has 15 nitrogen and oxygen atoms in total. The molecule has 0 radical (unpaired) electrons. The van der Waals surface area contributed by atoms with Crippen LogP contribution in [0.25, 0.3) is 0 Å². The predicted molar refractivity (Wildman–Crippen MR) is 338 cm³/mol. The summed E-state index contributed by atoms with van der Waals surface area (Å²) in [6, 6.07) is 47.0. The molecule has 0 spiro atoms. The summed E-state index contributed by atoms with van der Waals surface area (Å²) in [5.41, 5.74) is 17.7. The van der Waals surface area contributed by atoms with Gasteiger partial charge in [-0.15, -0.1) is 0 Å². The number of thiocarbonyl (C=S) groups is 3. The minimum atomic E-state index is 0.501. The first-order valence-corrected chi connectivity index (χ1v) is 27.1. The quantitative estimate of drug-likeness (QED) is 0.0300. The molecule has 0 aliphatic heterocycles. The molecule has 0 unspecified atom stereocenters. The lowest BCUT2D eigenvalue weighted by atomic mass is 9.83. The van der Waals surface area contributed by atoms with E-state index in [-0.39, 0.29) is 0 Å². The second-order valence-electron chi connectivity index (χ2n) is 18.8. The maximum atomic E-state index is 5.93. The predicted octanol–water partition coefficient (Wildman–Crippen LogP) is 15.3. The van der Waals surface area contributed by atoms with E-state index in [1.54, 1.807) is 0 Å². The van der Waals surface area contributed by atoms with Gasteiger partial charge in [-0.25, -0.2) is 0 Å². The monoisotopic (exact) mass is 1100 g/mol. The summed E-state index contributed by atoms with van der Waals surface area (Å²) < 4.78 is 0. The van der Waals surface area contributed by atoms with E-state index >= 15 is 0 Å². The van der Waals surface area contributed by atoms with Gasteiger partial charge in [0.25, 0.3) is 0 Å². The van der Waals surface area contributed by atoms with Crippen molar-refractivity contribution < 1.29 is 0 Å². The Labute approximate surface area is 475 Å². The second-order valence-corrected chi connectivity index (χ2v) is 20.1. The molecule has 0 saturated heterocycles. The van der Waals surface area contributed by atoms with Gasteiger partial charge < -0.3 is 46.6 Å². The van der Waals surface area contributed by atoms with Crippen molar-refractivity contribution in [1.29, 1.82) is 0 Å². The van der Waals surface area contributed by atoms with Crippen molar-refractivity contribution in [2.24, 2.45) is 30.7 Å². The first-order valence-electron chi connectivity index (χ1n) is 25.9. The lowest BCUT2D eigenvalue weighted by Gasteiger charge is -2.27. The molecule has 0 saturated carbocycles. The van der Waals surface area contributed by atoms with Crippen LogP contribution in [0.2, 0.25) is 0 Å². The number of benzene rings is 7. The van der Waals surface area contributed by atoms with Gasteiger partial charge in [-0.05, 0) is 235 Å². The summed E-state index contributed by atoms with van der Waals surface area (Å²) in [7, 11) is 12.1. The Balaban J connectivity index is 1.06. The average molecular weight is 1100 g/mol. The minimum absolute atomic E-state index is 0.501. The number of hydrogen-bond donors (Lipinski definition) is 6. The van der Waals surface area contributed by atoms with E-state index in [4.69, 9.17) is 36.7 Å². The van der Waals surface area contributed by atoms with Gasteiger partial charge in [-0.2, -0.15) is 30.7 Å². The van der Waals surface area contributed by atoms with Crippen LogP contribution in [0.5, 0.6) is 0 Å². The second kappa shape index (κ2) is 28.3.